The van der Waals surface area contributed by atoms with E-state index in [1.54, 1.807) is 12.1 Å². The van der Waals surface area contributed by atoms with Crippen LogP contribution in [0.2, 0.25) is 0 Å². The van der Waals surface area contributed by atoms with Crippen LogP contribution in [0.25, 0.3) is 11.4 Å². The minimum Gasteiger partial charge on any atom is -0.471 e. The number of fused-ring (bicyclic) bond motifs is 1. The van der Waals surface area contributed by atoms with E-state index in [1.807, 2.05) is 12.1 Å². The molecule has 7 nitrogen and oxygen atoms in total. The maximum atomic E-state index is 10.7. The summed E-state index contributed by atoms with van der Waals surface area (Å²) in [7, 11) is 0. The van der Waals surface area contributed by atoms with Crippen molar-refractivity contribution in [2.45, 2.75) is 31.3 Å². The molecule has 1 aromatic carbocycles. The second-order valence-electron chi connectivity index (χ2n) is 7.18. The van der Waals surface area contributed by atoms with Crippen LogP contribution in [0.4, 0.5) is 11.5 Å². The quantitative estimate of drug-likeness (QED) is 0.789. The molecule has 26 heavy (non-hydrogen) atoms. The fraction of sp³-hybridized carbons (Fsp3) is 0.474. The minimum atomic E-state index is 0.00615. The summed E-state index contributed by atoms with van der Waals surface area (Å²) in [4.78, 5) is 22.5. The van der Waals surface area contributed by atoms with Gasteiger partial charge in [0.25, 0.3) is 0 Å². The number of benzene rings is 1. The Hall–Kier alpha value is -2.54. The summed E-state index contributed by atoms with van der Waals surface area (Å²) in [6.07, 6.45) is 4.22. The van der Waals surface area contributed by atoms with Crippen LogP contribution in [0, 0.1) is 4.91 Å². The lowest BCUT2D eigenvalue weighted by Gasteiger charge is -2.33. The molecule has 1 aliphatic carbocycles. The Bertz CT molecular complexity index is 843. The molecule has 3 heterocycles. The SMILES string of the molecule is O=Nc1ccc(-c2nc3c(c(N4CCOCC4)n2)CCC2(CC2)O3)cc1. The van der Waals surface area contributed by atoms with Crippen LogP contribution in [0.5, 0.6) is 5.88 Å². The van der Waals surface area contributed by atoms with Gasteiger partial charge in [0.2, 0.25) is 5.88 Å². The van der Waals surface area contributed by atoms with E-state index in [-0.39, 0.29) is 5.60 Å². The minimum absolute atomic E-state index is 0.00615. The lowest BCUT2D eigenvalue weighted by atomic mass is 10.0. The molecule has 2 aromatic rings. The van der Waals surface area contributed by atoms with E-state index in [0.717, 1.165) is 61.6 Å². The first kappa shape index (κ1) is 15.7. The van der Waals surface area contributed by atoms with Gasteiger partial charge < -0.3 is 14.4 Å². The van der Waals surface area contributed by atoms with Gasteiger partial charge in [-0.3, -0.25) is 0 Å². The van der Waals surface area contributed by atoms with Crippen LogP contribution in [-0.4, -0.2) is 41.9 Å². The summed E-state index contributed by atoms with van der Waals surface area (Å²) < 4.78 is 11.8. The van der Waals surface area contributed by atoms with Crippen LogP contribution in [0.1, 0.15) is 24.8 Å². The molecule has 1 aromatic heterocycles. The molecular formula is C19H20N4O3. The van der Waals surface area contributed by atoms with Crippen LogP contribution >= 0.6 is 0 Å². The van der Waals surface area contributed by atoms with Crippen molar-refractivity contribution in [3.8, 4) is 17.3 Å². The first-order chi connectivity index (χ1) is 12.8. The average Bonchev–Trinajstić information content (AvgIpc) is 3.46. The van der Waals surface area contributed by atoms with Crippen molar-refractivity contribution in [1.29, 1.82) is 0 Å². The largest absolute Gasteiger partial charge is 0.471 e. The molecule has 2 fully saturated rings. The first-order valence-corrected chi connectivity index (χ1v) is 9.13. The topological polar surface area (TPSA) is 76.9 Å². The average molecular weight is 352 g/mol. The van der Waals surface area contributed by atoms with E-state index in [1.165, 1.54) is 0 Å². The van der Waals surface area contributed by atoms with Crippen molar-refractivity contribution in [3.05, 3.63) is 34.7 Å². The number of anilines is 1. The highest BCUT2D eigenvalue weighted by atomic mass is 16.5. The van der Waals surface area contributed by atoms with Crippen LogP contribution in [-0.2, 0) is 11.2 Å². The maximum Gasteiger partial charge on any atom is 0.222 e. The molecule has 2 aliphatic heterocycles. The van der Waals surface area contributed by atoms with Gasteiger partial charge in [0, 0.05) is 18.7 Å². The molecule has 1 spiro atoms. The summed E-state index contributed by atoms with van der Waals surface area (Å²) in [5, 5.41) is 2.96. The molecule has 0 unspecified atom stereocenters. The van der Waals surface area contributed by atoms with Gasteiger partial charge in [-0.25, -0.2) is 4.98 Å². The molecule has 3 aliphatic rings. The predicted molar refractivity (Wildman–Crippen MR) is 96.9 cm³/mol. The van der Waals surface area contributed by atoms with Crippen molar-refractivity contribution < 1.29 is 9.47 Å². The van der Waals surface area contributed by atoms with E-state index in [0.29, 0.717) is 24.7 Å². The van der Waals surface area contributed by atoms with Gasteiger partial charge in [-0.1, -0.05) is 0 Å². The summed E-state index contributed by atoms with van der Waals surface area (Å²) in [6, 6.07) is 7.03. The molecule has 0 amide bonds. The number of hydrogen-bond donors (Lipinski definition) is 0. The lowest BCUT2D eigenvalue weighted by Crippen LogP contribution is -2.38. The lowest BCUT2D eigenvalue weighted by molar-refractivity contribution is 0.121. The van der Waals surface area contributed by atoms with Crippen LogP contribution < -0.4 is 9.64 Å². The Morgan fingerprint density at radius 1 is 1.04 bits per heavy atom. The fourth-order valence-corrected chi connectivity index (χ4v) is 3.69. The third-order valence-electron chi connectivity index (χ3n) is 5.44. The van der Waals surface area contributed by atoms with Gasteiger partial charge in [-0.2, -0.15) is 4.98 Å². The molecule has 0 atom stereocenters. The molecule has 1 saturated heterocycles. The van der Waals surface area contributed by atoms with Gasteiger partial charge in [-0.05, 0) is 55.1 Å². The third-order valence-corrected chi connectivity index (χ3v) is 5.44. The Morgan fingerprint density at radius 3 is 2.50 bits per heavy atom. The molecule has 134 valence electrons. The Morgan fingerprint density at radius 2 is 1.81 bits per heavy atom. The van der Waals surface area contributed by atoms with E-state index < -0.39 is 0 Å². The molecule has 5 rings (SSSR count). The number of nitrogens with zero attached hydrogens (tertiary/aromatic N) is 4. The maximum absolute atomic E-state index is 10.7. The van der Waals surface area contributed by atoms with Gasteiger partial charge in [0.05, 0.1) is 18.8 Å². The predicted octanol–water partition coefficient (Wildman–Crippen LogP) is 3.24. The number of morpholine rings is 1. The molecule has 1 saturated carbocycles. The molecule has 7 heteroatoms. The molecular weight excluding hydrogens is 332 g/mol. The molecule has 0 N–H and O–H groups in total. The zero-order chi connectivity index (χ0) is 17.6. The smallest absolute Gasteiger partial charge is 0.222 e. The number of rotatable bonds is 3. The molecule has 0 radical (unpaired) electrons. The van der Waals surface area contributed by atoms with Crippen molar-refractivity contribution in [2.24, 2.45) is 5.18 Å². The number of hydrogen-bond acceptors (Lipinski definition) is 7. The highest BCUT2D eigenvalue weighted by Gasteiger charge is 2.48. The van der Waals surface area contributed by atoms with E-state index >= 15 is 0 Å². The Balaban J connectivity index is 1.59. The highest BCUT2D eigenvalue weighted by Crippen LogP contribution is 2.49. The Kier molecular flexibility index (Phi) is 3.63. The fourth-order valence-electron chi connectivity index (χ4n) is 3.69. The second kappa shape index (κ2) is 6.02. The Labute approximate surface area is 151 Å². The summed E-state index contributed by atoms with van der Waals surface area (Å²) in [5.74, 6) is 2.31. The standard InChI is InChI=1S/C19H20N4O3/c24-22-14-3-1-13(2-4-14)16-20-17(23-9-11-25-12-10-23)15-5-6-19(7-8-19)26-18(15)21-16/h1-4H,5-12H2. The monoisotopic (exact) mass is 352 g/mol. The number of nitroso groups, excluding NO2 is 1. The van der Waals surface area contributed by atoms with Gasteiger partial charge in [0.1, 0.15) is 17.1 Å². The first-order valence-electron chi connectivity index (χ1n) is 9.13. The van der Waals surface area contributed by atoms with Crippen LogP contribution in [0.15, 0.2) is 29.4 Å². The van der Waals surface area contributed by atoms with E-state index in [4.69, 9.17) is 19.4 Å². The summed E-state index contributed by atoms with van der Waals surface area (Å²) in [6.45, 7) is 3.06. The summed E-state index contributed by atoms with van der Waals surface area (Å²) in [5.41, 5.74) is 2.37. The van der Waals surface area contributed by atoms with Gasteiger partial charge in [0.15, 0.2) is 5.82 Å². The zero-order valence-corrected chi connectivity index (χ0v) is 14.5. The second-order valence-corrected chi connectivity index (χ2v) is 7.18. The van der Waals surface area contributed by atoms with Gasteiger partial charge >= 0.3 is 0 Å². The summed E-state index contributed by atoms with van der Waals surface area (Å²) >= 11 is 0. The third kappa shape index (κ3) is 2.72. The normalized spacial score (nSPS) is 20.4. The number of aromatic nitrogens is 2. The van der Waals surface area contributed by atoms with Crippen molar-refractivity contribution in [2.75, 3.05) is 31.2 Å². The molecule has 0 bridgehead atoms. The van der Waals surface area contributed by atoms with Crippen LogP contribution in [0.3, 0.4) is 0 Å². The zero-order valence-electron chi connectivity index (χ0n) is 14.5. The number of ether oxygens (including phenoxy) is 2. The van der Waals surface area contributed by atoms with Crippen molar-refractivity contribution in [3.63, 3.8) is 0 Å². The van der Waals surface area contributed by atoms with Crippen molar-refractivity contribution in [1.82, 2.24) is 9.97 Å². The van der Waals surface area contributed by atoms with Gasteiger partial charge in [-0.15, -0.1) is 4.91 Å². The highest BCUT2D eigenvalue weighted by molar-refractivity contribution is 5.64. The van der Waals surface area contributed by atoms with Crippen molar-refractivity contribution >= 4 is 11.5 Å². The van der Waals surface area contributed by atoms with E-state index in [9.17, 15) is 4.91 Å². The van der Waals surface area contributed by atoms with E-state index in [2.05, 4.69) is 10.1 Å².